The average molecular weight is 235 g/mol. The van der Waals surface area contributed by atoms with Gasteiger partial charge in [-0.25, -0.2) is 4.39 Å². The lowest BCUT2D eigenvalue weighted by Crippen LogP contribution is -2.43. The molecule has 2 rings (SSSR count). The molecule has 1 aromatic rings. The fourth-order valence-electron chi connectivity index (χ4n) is 2.66. The van der Waals surface area contributed by atoms with Gasteiger partial charge in [-0.2, -0.15) is 0 Å². The van der Waals surface area contributed by atoms with Gasteiger partial charge in [0.1, 0.15) is 5.82 Å². The monoisotopic (exact) mass is 235 g/mol. The van der Waals surface area contributed by atoms with Crippen LogP contribution in [0.25, 0.3) is 0 Å². The molecule has 0 radical (unpaired) electrons. The smallest absolute Gasteiger partial charge is 0.127 e. The van der Waals surface area contributed by atoms with Crippen molar-refractivity contribution in [2.45, 2.75) is 58.0 Å². The van der Waals surface area contributed by atoms with E-state index in [0.717, 1.165) is 11.1 Å². The average Bonchev–Trinajstić information content (AvgIpc) is 2.31. The molecule has 1 aliphatic rings. The number of benzene rings is 1. The van der Waals surface area contributed by atoms with Crippen LogP contribution in [0.2, 0.25) is 0 Å². The molecule has 0 saturated heterocycles. The summed E-state index contributed by atoms with van der Waals surface area (Å²) >= 11 is 0. The summed E-state index contributed by atoms with van der Waals surface area (Å²) in [6.07, 6.45) is 6.34. The summed E-state index contributed by atoms with van der Waals surface area (Å²) < 4.78 is 13.6. The van der Waals surface area contributed by atoms with Crippen LogP contribution in [0.1, 0.15) is 50.2 Å². The second kappa shape index (κ2) is 5.18. The lowest BCUT2D eigenvalue weighted by molar-refractivity contribution is 0.251. The minimum atomic E-state index is -0.0949. The van der Waals surface area contributed by atoms with Crippen LogP contribution in [0, 0.1) is 12.7 Å². The Morgan fingerprint density at radius 2 is 1.94 bits per heavy atom. The Kier molecular flexibility index (Phi) is 3.82. The Bertz CT molecular complexity index is 381. The molecular formula is C15H22FN. The SMILES string of the molecule is Cc1ccc(F)c(CNC2(C)CCCCC2)c1. The van der Waals surface area contributed by atoms with E-state index in [1.54, 1.807) is 6.07 Å². The molecule has 1 fully saturated rings. The highest BCUT2D eigenvalue weighted by atomic mass is 19.1. The van der Waals surface area contributed by atoms with Crippen molar-refractivity contribution in [2.75, 3.05) is 0 Å². The number of nitrogens with one attached hydrogen (secondary N) is 1. The summed E-state index contributed by atoms with van der Waals surface area (Å²) in [7, 11) is 0. The highest BCUT2D eigenvalue weighted by Gasteiger charge is 2.25. The number of halogens is 1. The van der Waals surface area contributed by atoms with Gasteiger partial charge in [-0.15, -0.1) is 0 Å². The van der Waals surface area contributed by atoms with E-state index in [4.69, 9.17) is 0 Å². The zero-order chi connectivity index (χ0) is 12.3. The summed E-state index contributed by atoms with van der Waals surface area (Å²) in [6, 6.07) is 5.32. The molecule has 1 nitrogen and oxygen atoms in total. The van der Waals surface area contributed by atoms with Gasteiger partial charge in [0.15, 0.2) is 0 Å². The number of aryl methyl sites for hydroxylation is 1. The van der Waals surface area contributed by atoms with Crippen LogP contribution in [0.5, 0.6) is 0 Å². The van der Waals surface area contributed by atoms with Crippen molar-refractivity contribution >= 4 is 0 Å². The van der Waals surface area contributed by atoms with E-state index in [1.165, 1.54) is 32.1 Å². The van der Waals surface area contributed by atoms with Crippen molar-refractivity contribution < 1.29 is 4.39 Å². The lowest BCUT2D eigenvalue weighted by atomic mass is 9.83. The highest BCUT2D eigenvalue weighted by molar-refractivity contribution is 5.24. The molecule has 1 saturated carbocycles. The summed E-state index contributed by atoms with van der Waals surface area (Å²) in [5.41, 5.74) is 2.11. The number of hydrogen-bond acceptors (Lipinski definition) is 1. The largest absolute Gasteiger partial charge is 0.307 e. The fraction of sp³-hybridized carbons (Fsp3) is 0.600. The topological polar surface area (TPSA) is 12.0 Å². The Morgan fingerprint density at radius 3 is 2.65 bits per heavy atom. The van der Waals surface area contributed by atoms with Crippen LogP contribution >= 0.6 is 0 Å². The summed E-state index contributed by atoms with van der Waals surface area (Å²) in [4.78, 5) is 0. The Balaban J connectivity index is 1.99. The van der Waals surface area contributed by atoms with E-state index in [2.05, 4.69) is 12.2 Å². The summed E-state index contributed by atoms with van der Waals surface area (Å²) in [5.74, 6) is -0.0949. The first-order valence-electron chi connectivity index (χ1n) is 6.59. The third kappa shape index (κ3) is 3.29. The van der Waals surface area contributed by atoms with Crippen molar-refractivity contribution in [3.8, 4) is 0 Å². The van der Waals surface area contributed by atoms with E-state index in [9.17, 15) is 4.39 Å². The van der Waals surface area contributed by atoms with Crippen LogP contribution in [0.15, 0.2) is 18.2 Å². The van der Waals surface area contributed by atoms with Crippen molar-refractivity contribution in [3.05, 3.63) is 35.1 Å². The van der Waals surface area contributed by atoms with E-state index in [1.807, 2.05) is 19.1 Å². The first-order chi connectivity index (χ1) is 8.09. The molecule has 0 aromatic heterocycles. The van der Waals surface area contributed by atoms with Crippen LogP contribution < -0.4 is 5.32 Å². The summed E-state index contributed by atoms with van der Waals surface area (Å²) in [5, 5.41) is 3.54. The van der Waals surface area contributed by atoms with Crippen molar-refractivity contribution in [1.29, 1.82) is 0 Å². The number of hydrogen-bond donors (Lipinski definition) is 1. The molecule has 94 valence electrons. The van der Waals surface area contributed by atoms with Crippen LogP contribution in [-0.2, 0) is 6.54 Å². The van der Waals surface area contributed by atoms with E-state index in [0.29, 0.717) is 6.54 Å². The van der Waals surface area contributed by atoms with Gasteiger partial charge in [-0.05, 0) is 32.8 Å². The van der Waals surface area contributed by atoms with E-state index >= 15 is 0 Å². The molecule has 2 heteroatoms. The molecule has 1 N–H and O–H groups in total. The molecule has 0 heterocycles. The molecule has 0 aliphatic heterocycles. The van der Waals surface area contributed by atoms with Gasteiger partial charge in [0.2, 0.25) is 0 Å². The highest BCUT2D eigenvalue weighted by Crippen LogP contribution is 2.28. The minimum absolute atomic E-state index is 0.0949. The Morgan fingerprint density at radius 1 is 1.24 bits per heavy atom. The van der Waals surface area contributed by atoms with Gasteiger partial charge in [-0.1, -0.05) is 37.0 Å². The molecule has 0 amide bonds. The predicted octanol–water partition coefficient (Wildman–Crippen LogP) is 3.95. The van der Waals surface area contributed by atoms with Crippen LogP contribution in [0.3, 0.4) is 0 Å². The fourth-order valence-corrected chi connectivity index (χ4v) is 2.66. The minimum Gasteiger partial charge on any atom is -0.307 e. The number of rotatable bonds is 3. The second-order valence-corrected chi connectivity index (χ2v) is 5.57. The molecule has 0 atom stereocenters. The maximum absolute atomic E-state index is 13.6. The second-order valence-electron chi connectivity index (χ2n) is 5.57. The van der Waals surface area contributed by atoms with Gasteiger partial charge in [0.25, 0.3) is 0 Å². The first-order valence-corrected chi connectivity index (χ1v) is 6.59. The van der Waals surface area contributed by atoms with E-state index in [-0.39, 0.29) is 11.4 Å². The maximum atomic E-state index is 13.6. The first kappa shape index (κ1) is 12.6. The van der Waals surface area contributed by atoms with Gasteiger partial charge in [-0.3, -0.25) is 0 Å². The summed E-state index contributed by atoms with van der Waals surface area (Å²) in [6.45, 7) is 4.91. The van der Waals surface area contributed by atoms with Crippen LogP contribution in [0.4, 0.5) is 4.39 Å². The van der Waals surface area contributed by atoms with E-state index < -0.39 is 0 Å². The van der Waals surface area contributed by atoms with Gasteiger partial charge in [0, 0.05) is 17.6 Å². The van der Waals surface area contributed by atoms with Crippen molar-refractivity contribution in [1.82, 2.24) is 5.32 Å². The Hall–Kier alpha value is -0.890. The molecule has 0 spiro atoms. The van der Waals surface area contributed by atoms with Gasteiger partial charge in [0.05, 0.1) is 0 Å². The molecule has 1 aliphatic carbocycles. The quantitative estimate of drug-likeness (QED) is 0.836. The zero-order valence-electron chi connectivity index (χ0n) is 10.9. The van der Waals surface area contributed by atoms with Crippen molar-refractivity contribution in [2.24, 2.45) is 0 Å². The van der Waals surface area contributed by atoms with Crippen LogP contribution in [-0.4, -0.2) is 5.54 Å². The lowest BCUT2D eigenvalue weighted by Gasteiger charge is -2.35. The van der Waals surface area contributed by atoms with Crippen molar-refractivity contribution in [3.63, 3.8) is 0 Å². The molecular weight excluding hydrogens is 213 g/mol. The molecule has 0 unspecified atom stereocenters. The van der Waals surface area contributed by atoms with Gasteiger partial charge >= 0.3 is 0 Å². The normalized spacial score (nSPS) is 19.2. The third-order valence-corrected chi connectivity index (χ3v) is 3.86. The zero-order valence-corrected chi connectivity index (χ0v) is 10.9. The molecule has 0 bridgehead atoms. The molecule has 17 heavy (non-hydrogen) atoms. The Labute approximate surface area is 103 Å². The third-order valence-electron chi connectivity index (χ3n) is 3.86. The maximum Gasteiger partial charge on any atom is 0.127 e. The molecule has 1 aromatic carbocycles. The standard InChI is InChI=1S/C15H22FN/c1-12-6-7-14(16)13(10-12)11-17-15(2)8-4-3-5-9-15/h6-7,10,17H,3-5,8-9,11H2,1-2H3. The predicted molar refractivity (Wildman–Crippen MR) is 69.5 cm³/mol. The van der Waals surface area contributed by atoms with Gasteiger partial charge < -0.3 is 5.32 Å².